The number of benzene rings is 2. The van der Waals surface area contributed by atoms with Crippen LogP contribution >= 0.6 is 0 Å². The molecule has 2 aromatic carbocycles. The van der Waals surface area contributed by atoms with E-state index < -0.39 is 0 Å². The molecule has 4 heteroatoms. The van der Waals surface area contributed by atoms with Crippen LogP contribution in [-0.4, -0.2) is 25.9 Å². The molecular formula is C12H8B2O2. The Morgan fingerprint density at radius 3 is 1.44 bits per heavy atom. The fraction of sp³-hybridized carbons (Fsp3) is 0. The number of rotatable bonds is 1. The van der Waals surface area contributed by atoms with Crippen molar-refractivity contribution in [1.29, 1.82) is 0 Å². The van der Waals surface area contributed by atoms with Gasteiger partial charge in [-0.3, -0.25) is 0 Å². The van der Waals surface area contributed by atoms with Gasteiger partial charge in [-0.2, -0.15) is 0 Å². The van der Waals surface area contributed by atoms with Gasteiger partial charge in [0, 0.05) is 11.1 Å². The topological polar surface area (TPSA) is 40.5 Å². The SMILES string of the molecule is [B]c1ccc(O)c(-c2cc([B])ccc2O)c1. The molecule has 0 unspecified atom stereocenters. The van der Waals surface area contributed by atoms with Crippen molar-refractivity contribution in [2.45, 2.75) is 0 Å². The molecule has 0 fully saturated rings. The first-order valence-corrected chi connectivity index (χ1v) is 4.75. The van der Waals surface area contributed by atoms with Gasteiger partial charge < -0.3 is 10.2 Å². The van der Waals surface area contributed by atoms with Gasteiger partial charge in [-0.1, -0.05) is 35.2 Å². The Balaban J connectivity index is 2.66. The van der Waals surface area contributed by atoms with Crippen LogP contribution in [0.15, 0.2) is 36.4 Å². The van der Waals surface area contributed by atoms with Crippen LogP contribution in [-0.2, 0) is 0 Å². The highest BCUT2D eigenvalue weighted by atomic mass is 16.3. The summed E-state index contributed by atoms with van der Waals surface area (Å²) < 4.78 is 0. The van der Waals surface area contributed by atoms with Gasteiger partial charge in [0.1, 0.15) is 27.2 Å². The minimum absolute atomic E-state index is 0.0510. The van der Waals surface area contributed by atoms with Crippen LogP contribution in [0.5, 0.6) is 11.5 Å². The van der Waals surface area contributed by atoms with Crippen LogP contribution in [0.4, 0.5) is 0 Å². The lowest BCUT2D eigenvalue weighted by Gasteiger charge is -2.09. The average Bonchev–Trinajstić information content (AvgIpc) is 2.25. The lowest BCUT2D eigenvalue weighted by atomic mass is 9.88. The van der Waals surface area contributed by atoms with Crippen LogP contribution in [0.2, 0.25) is 0 Å². The molecule has 0 amide bonds. The van der Waals surface area contributed by atoms with E-state index in [2.05, 4.69) is 0 Å². The van der Waals surface area contributed by atoms with Gasteiger partial charge >= 0.3 is 0 Å². The van der Waals surface area contributed by atoms with Crippen molar-refractivity contribution >= 4 is 26.6 Å². The molecule has 0 spiro atoms. The molecule has 16 heavy (non-hydrogen) atoms. The second-order valence-corrected chi connectivity index (χ2v) is 3.55. The first kappa shape index (κ1) is 10.7. The number of hydrogen-bond donors (Lipinski definition) is 2. The monoisotopic (exact) mass is 206 g/mol. The molecule has 74 valence electrons. The Morgan fingerprint density at radius 2 is 1.06 bits per heavy atom. The van der Waals surface area contributed by atoms with Crippen molar-refractivity contribution in [1.82, 2.24) is 0 Å². The van der Waals surface area contributed by atoms with E-state index >= 15 is 0 Å². The summed E-state index contributed by atoms with van der Waals surface area (Å²) in [6, 6.07) is 9.30. The maximum absolute atomic E-state index is 9.70. The highest BCUT2D eigenvalue weighted by molar-refractivity contribution is 6.33. The van der Waals surface area contributed by atoms with Crippen molar-refractivity contribution in [2.75, 3.05) is 0 Å². The van der Waals surface area contributed by atoms with E-state index in [0.717, 1.165) is 0 Å². The fourth-order valence-corrected chi connectivity index (χ4v) is 1.54. The average molecular weight is 206 g/mol. The molecule has 0 aromatic heterocycles. The summed E-state index contributed by atoms with van der Waals surface area (Å²) in [6.07, 6.45) is 0. The lowest BCUT2D eigenvalue weighted by Crippen LogP contribution is -2.04. The largest absolute Gasteiger partial charge is 0.507 e. The Bertz CT molecular complexity index is 489. The van der Waals surface area contributed by atoms with Crippen LogP contribution in [0, 0.1) is 0 Å². The molecule has 0 saturated heterocycles. The first-order chi connectivity index (χ1) is 7.58. The van der Waals surface area contributed by atoms with Gasteiger partial charge in [-0.25, -0.2) is 0 Å². The third kappa shape index (κ3) is 1.91. The molecule has 2 aromatic rings. The van der Waals surface area contributed by atoms with Crippen molar-refractivity contribution in [3.63, 3.8) is 0 Å². The minimum atomic E-state index is 0.0510. The summed E-state index contributed by atoms with van der Waals surface area (Å²) >= 11 is 0. The Hall–Kier alpha value is -1.83. The number of phenols is 2. The van der Waals surface area contributed by atoms with Crippen LogP contribution in [0.1, 0.15) is 0 Å². The summed E-state index contributed by atoms with van der Waals surface area (Å²) in [5.74, 6) is 0.102. The maximum Gasteiger partial charge on any atom is 0.123 e. The highest BCUT2D eigenvalue weighted by Crippen LogP contribution is 2.33. The molecule has 4 radical (unpaired) electrons. The Labute approximate surface area is 96.4 Å². The van der Waals surface area contributed by atoms with Crippen molar-refractivity contribution in [3.8, 4) is 22.6 Å². The van der Waals surface area contributed by atoms with E-state index in [1.165, 1.54) is 12.1 Å². The van der Waals surface area contributed by atoms with E-state index in [0.29, 0.717) is 22.1 Å². The standard InChI is InChI=1S/C12H8B2O2/c13-7-1-3-11(15)9(5-7)10-6-8(14)2-4-12(10)16/h1-6,15-16H. The third-order valence-electron chi connectivity index (χ3n) is 2.33. The first-order valence-electron chi connectivity index (χ1n) is 4.75. The summed E-state index contributed by atoms with van der Waals surface area (Å²) in [5.41, 5.74) is 1.94. The zero-order valence-corrected chi connectivity index (χ0v) is 8.51. The predicted molar refractivity (Wildman–Crippen MR) is 66.0 cm³/mol. The van der Waals surface area contributed by atoms with Gasteiger partial charge in [0.25, 0.3) is 0 Å². The molecule has 0 aliphatic heterocycles. The van der Waals surface area contributed by atoms with E-state index in [4.69, 9.17) is 15.7 Å². The summed E-state index contributed by atoms with van der Waals surface area (Å²) in [5, 5.41) is 19.4. The van der Waals surface area contributed by atoms with Gasteiger partial charge in [-0.05, 0) is 12.1 Å². The zero-order chi connectivity index (χ0) is 11.7. The van der Waals surface area contributed by atoms with Gasteiger partial charge in [0.05, 0.1) is 0 Å². The summed E-state index contributed by atoms with van der Waals surface area (Å²) in [7, 11) is 11.3. The van der Waals surface area contributed by atoms with E-state index in [1.54, 1.807) is 24.3 Å². The van der Waals surface area contributed by atoms with Gasteiger partial charge in [-0.15, -0.1) is 0 Å². The molecule has 0 aliphatic rings. The van der Waals surface area contributed by atoms with E-state index in [9.17, 15) is 10.2 Å². The van der Waals surface area contributed by atoms with Gasteiger partial charge in [0.15, 0.2) is 0 Å². The number of phenolic OH excluding ortho intramolecular Hbond substituents is 2. The number of aromatic hydroxyl groups is 2. The minimum Gasteiger partial charge on any atom is -0.507 e. The molecular weight excluding hydrogens is 198 g/mol. The summed E-state index contributed by atoms with van der Waals surface area (Å²) in [6.45, 7) is 0. The van der Waals surface area contributed by atoms with E-state index in [-0.39, 0.29) is 11.5 Å². The smallest absolute Gasteiger partial charge is 0.123 e. The molecule has 0 heterocycles. The zero-order valence-electron chi connectivity index (χ0n) is 8.51. The maximum atomic E-state index is 9.70. The second-order valence-electron chi connectivity index (χ2n) is 3.55. The van der Waals surface area contributed by atoms with Crippen molar-refractivity contribution < 1.29 is 10.2 Å². The van der Waals surface area contributed by atoms with Crippen LogP contribution in [0.3, 0.4) is 0 Å². The molecule has 0 bridgehead atoms. The highest BCUT2D eigenvalue weighted by Gasteiger charge is 2.08. The summed E-state index contributed by atoms with van der Waals surface area (Å²) in [4.78, 5) is 0. The predicted octanol–water partition coefficient (Wildman–Crippen LogP) is 0.352. The third-order valence-corrected chi connectivity index (χ3v) is 2.33. The van der Waals surface area contributed by atoms with Crippen molar-refractivity contribution in [3.05, 3.63) is 36.4 Å². The van der Waals surface area contributed by atoms with Crippen molar-refractivity contribution in [2.24, 2.45) is 0 Å². The Kier molecular flexibility index (Phi) is 2.65. The number of hydrogen-bond acceptors (Lipinski definition) is 2. The Morgan fingerprint density at radius 1 is 0.688 bits per heavy atom. The molecule has 0 atom stereocenters. The fourth-order valence-electron chi connectivity index (χ4n) is 1.54. The second kappa shape index (κ2) is 3.97. The molecule has 0 saturated carbocycles. The van der Waals surface area contributed by atoms with E-state index in [1.807, 2.05) is 0 Å². The lowest BCUT2D eigenvalue weighted by molar-refractivity contribution is 0.469. The van der Waals surface area contributed by atoms with Crippen LogP contribution in [0.25, 0.3) is 11.1 Å². The van der Waals surface area contributed by atoms with Gasteiger partial charge in [0.2, 0.25) is 0 Å². The molecule has 2 nitrogen and oxygen atoms in total. The quantitative estimate of drug-likeness (QED) is 0.660. The molecule has 2 N–H and O–H groups in total. The van der Waals surface area contributed by atoms with Crippen LogP contribution < -0.4 is 10.9 Å². The normalized spacial score (nSPS) is 10.2. The molecule has 0 aliphatic carbocycles. The molecule has 2 rings (SSSR count).